The molecule has 0 bridgehead atoms. The first-order chi connectivity index (χ1) is 11.0. The lowest BCUT2D eigenvalue weighted by molar-refractivity contribution is 0.135. The second-order valence-corrected chi connectivity index (χ2v) is 5.27. The molecule has 2 aromatic carbocycles. The molecule has 0 aromatic heterocycles. The van der Waals surface area contributed by atoms with Crippen LogP contribution in [-0.2, 0) is 6.54 Å². The maximum Gasteiger partial charge on any atom is 0.322 e. The van der Waals surface area contributed by atoms with Crippen LogP contribution in [0.25, 0.3) is 0 Å². The molecule has 1 atom stereocenters. The molecule has 2 rings (SSSR count). The molecule has 0 unspecified atom stereocenters. The summed E-state index contributed by atoms with van der Waals surface area (Å²) in [6.45, 7) is 1.98. The van der Waals surface area contributed by atoms with Gasteiger partial charge < -0.3 is 15.3 Å². The van der Waals surface area contributed by atoms with Gasteiger partial charge in [-0.05, 0) is 24.6 Å². The van der Waals surface area contributed by atoms with E-state index in [9.17, 15) is 18.7 Å². The van der Waals surface area contributed by atoms with E-state index in [2.05, 4.69) is 5.32 Å². The summed E-state index contributed by atoms with van der Waals surface area (Å²) in [5, 5.41) is 12.1. The highest BCUT2D eigenvalue weighted by atomic mass is 19.2. The summed E-state index contributed by atoms with van der Waals surface area (Å²) in [6, 6.07) is 11.9. The van der Waals surface area contributed by atoms with E-state index < -0.39 is 23.8 Å². The largest absolute Gasteiger partial charge is 0.392 e. The van der Waals surface area contributed by atoms with Crippen molar-refractivity contribution in [3.05, 3.63) is 65.7 Å². The zero-order chi connectivity index (χ0) is 16.8. The molecule has 0 heterocycles. The van der Waals surface area contributed by atoms with E-state index in [1.807, 2.05) is 30.3 Å². The maximum absolute atomic E-state index is 13.2. The number of aliphatic hydroxyl groups excluding tert-OH is 1. The van der Waals surface area contributed by atoms with Crippen LogP contribution in [0.4, 0.5) is 19.3 Å². The van der Waals surface area contributed by atoms with Crippen LogP contribution in [0.3, 0.4) is 0 Å². The van der Waals surface area contributed by atoms with Crippen molar-refractivity contribution in [2.45, 2.75) is 19.6 Å². The predicted octanol–water partition coefficient (Wildman–Crippen LogP) is 3.38. The third-order valence-electron chi connectivity index (χ3n) is 3.16. The van der Waals surface area contributed by atoms with Crippen LogP contribution < -0.4 is 5.32 Å². The van der Waals surface area contributed by atoms with E-state index in [4.69, 9.17) is 0 Å². The molecular formula is C17H18F2N2O2. The fourth-order valence-electron chi connectivity index (χ4n) is 2.12. The van der Waals surface area contributed by atoms with Gasteiger partial charge in [-0.2, -0.15) is 0 Å². The zero-order valence-electron chi connectivity index (χ0n) is 12.7. The molecule has 0 fully saturated rings. The number of nitrogens with zero attached hydrogens (tertiary/aromatic N) is 1. The van der Waals surface area contributed by atoms with Crippen LogP contribution in [0.2, 0.25) is 0 Å². The Morgan fingerprint density at radius 1 is 1.17 bits per heavy atom. The van der Waals surface area contributed by atoms with Gasteiger partial charge >= 0.3 is 6.03 Å². The molecule has 0 aliphatic carbocycles. The lowest BCUT2D eigenvalue weighted by Gasteiger charge is -2.24. The number of hydrogen-bond acceptors (Lipinski definition) is 2. The van der Waals surface area contributed by atoms with Gasteiger partial charge in [-0.25, -0.2) is 13.6 Å². The molecule has 0 aliphatic heterocycles. The van der Waals surface area contributed by atoms with Crippen LogP contribution in [-0.4, -0.2) is 28.7 Å². The summed E-state index contributed by atoms with van der Waals surface area (Å²) in [5.74, 6) is -2.01. The van der Waals surface area contributed by atoms with Gasteiger partial charge in [-0.3, -0.25) is 0 Å². The van der Waals surface area contributed by atoms with Crippen molar-refractivity contribution in [1.82, 2.24) is 4.90 Å². The Kier molecular flexibility index (Phi) is 5.65. The van der Waals surface area contributed by atoms with Crippen molar-refractivity contribution in [2.24, 2.45) is 0 Å². The zero-order valence-corrected chi connectivity index (χ0v) is 12.7. The molecule has 0 spiro atoms. The SMILES string of the molecule is C[C@@H](O)CN(Cc1ccccc1)C(=O)Nc1ccc(F)c(F)c1. The Morgan fingerprint density at radius 2 is 1.87 bits per heavy atom. The smallest absolute Gasteiger partial charge is 0.322 e. The third-order valence-corrected chi connectivity index (χ3v) is 3.16. The Balaban J connectivity index is 2.11. The second kappa shape index (κ2) is 7.69. The highest BCUT2D eigenvalue weighted by Gasteiger charge is 2.17. The average molecular weight is 320 g/mol. The highest BCUT2D eigenvalue weighted by molar-refractivity contribution is 5.89. The lowest BCUT2D eigenvalue weighted by atomic mass is 10.2. The van der Waals surface area contributed by atoms with Crippen LogP contribution >= 0.6 is 0 Å². The molecule has 2 amide bonds. The summed E-state index contributed by atoms with van der Waals surface area (Å²) >= 11 is 0. The van der Waals surface area contributed by atoms with Gasteiger partial charge in [0.1, 0.15) is 0 Å². The number of benzene rings is 2. The summed E-state index contributed by atoms with van der Waals surface area (Å²) in [7, 11) is 0. The van der Waals surface area contributed by atoms with E-state index in [1.165, 1.54) is 11.0 Å². The first kappa shape index (κ1) is 16.9. The number of rotatable bonds is 5. The summed E-state index contributed by atoms with van der Waals surface area (Å²) in [4.78, 5) is 13.7. The quantitative estimate of drug-likeness (QED) is 0.887. The first-order valence-corrected chi connectivity index (χ1v) is 7.18. The fraction of sp³-hybridized carbons (Fsp3) is 0.235. The van der Waals surface area contributed by atoms with E-state index in [1.54, 1.807) is 6.92 Å². The summed E-state index contributed by atoms with van der Waals surface area (Å²) in [6.07, 6.45) is -0.714. The third kappa shape index (κ3) is 5.03. The van der Waals surface area contributed by atoms with E-state index in [0.29, 0.717) is 6.54 Å². The molecule has 0 radical (unpaired) electrons. The first-order valence-electron chi connectivity index (χ1n) is 7.18. The van der Waals surface area contributed by atoms with Gasteiger partial charge in [0.05, 0.1) is 6.10 Å². The van der Waals surface area contributed by atoms with Crippen molar-refractivity contribution < 1.29 is 18.7 Å². The van der Waals surface area contributed by atoms with Crippen molar-refractivity contribution in [1.29, 1.82) is 0 Å². The number of nitrogens with one attached hydrogen (secondary N) is 1. The number of anilines is 1. The Bertz CT molecular complexity index is 663. The fourth-order valence-corrected chi connectivity index (χ4v) is 2.12. The van der Waals surface area contributed by atoms with Gasteiger partial charge in [-0.15, -0.1) is 0 Å². The van der Waals surface area contributed by atoms with Crippen molar-refractivity contribution in [3.63, 3.8) is 0 Å². The molecule has 23 heavy (non-hydrogen) atoms. The van der Waals surface area contributed by atoms with E-state index in [0.717, 1.165) is 17.7 Å². The van der Waals surface area contributed by atoms with Crippen LogP contribution in [0.15, 0.2) is 48.5 Å². The number of hydrogen-bond donors (Lipinski definition) is 2. The minimum atomic E-state index is -1.03. The van der Waals surface area contributed by atoms with Gasteiger partial charge in [-0.1, -0.05) is 30.3 Å². The summed E-state index contributed by atoms with van der Waals surface area (Å²) < 4.78 is 26.1. The molecule has 6 heteroatoms. The Labute approximate surface area is 133 Å². The number of urea groups is 1. The molecule has 122 valence electrons. The number of aliphatic hydroxyl groups is 1. The molecule has 0 aliphatic rings. The molecule has 0 saturated carbocycles. The Morgan fingerprint density at radius 3 is 2.48 bits per heavy atom. The van der Waals surface area contributed by atoms with Gasteiger partial charge in [0.25, 0.3) is 0 Å². The minimum Gasteiger partial charge on any atom is -0.392 e. The number of carbonyl (C=O) groups is 1. The monoisotopic (exact) mass is 320 g/mol. The minimum absolute atomic E-state index is 0.115. The van der Waals surface area contributed by atoms with Crippen LogP contribution in [0.1, 0.15) is 12.5 Å². The van der Waals surface area contributed by atoms with Gasteiger partial charge in [0.2, 0.25) is 0 Å². The van der Waals surface area contributed by atoms with Crippen molar-refractivity contribution >= 4 is 11.7 Å². The van der Waals surface area contributed by atoms with Crippen LogP contribution in [0.5, 0.6) is 0 Å². The standard InChI is InChI=1S/C17H18F2N2O2/c1-12(22)10-21(11-13-5-3-2-4-6-13)17(23)20-14-7-8-15(18)16(19)9-14/h2-9,12,22H,10-11H2,1H3,(H,20,23)/t12-/m1/s1. The van der Waals surface area contributed by atoms with Crippen LogP contribution in [0, 0.1) is 11.6 Å². The number of carbonyl (C=O) groups excluding carboxylic acids is 1. The van der Waals surface area contributed by atoms with Gasteiger partial charge in [0.15, 0.2) is 11.6 Å². The molecule has 4 nitrogen and oxygen atoms in total. The van der Waals surface area contributed by atoms with Crippen molar-refractivity contribution in [3.8, 4) is 0 Å². The highest BCUT2D eigenvalue weighted by Crippen LogP contribution is 2.15. The second-order valence-electron chi connectivity index (χ2n) is 5.27. The number of halogens is 2. The van der Waals surface area contributed by atoms with E-state index in [-0.39, 0.29) is 12.2 Å². The average Bonchev–Trinajstić information content (AvgIpc) is 2.51. The molecular weight excluding hydrogens is 302 g/mol. The van der Waals surface area contributed by atoms with E-state index >= 15 is 0 Å². The maximum atomic E-state index is 13.2. The normalized spacial score (nSPS) is 11.8. The number of amides is 2. The molecule has 2 N–H and O–H groups in total. The molecule has 2 aromatic rings. The van der Waals surface area contributed by atoms with Crippen molar-refractivity contribution in [2.75, 3.05) is 11.9 Å². The summed E-state index contributed by atoms with van der Waals surface area (Å²) in [5.41, 5.74) is 1.05. The molecule has 0 saturated heterocycles. The van der Waals surface area contributed by atoms with Gasteiger partial charge in [0, 0.05) is 24.8 Å². The predicted molar refractivity (Wildman–Crippen MR) is 83.9 cm³/mol. The topological polar surface area (TPSA) is 52.6 Å². The lowest BCUT2D eigenvalue weighted by Crippen LogP contribution is -2.39. The Hall–Kier alpha value is -2.47.